The summed E-state index contributed by atoms with van der Waals surface area (Å²) in [5.74, 6) is -0.927. The van der Waals surface area contributed by atoms with Gasteiger partial charge in [0.1, 0.15) is 0 Å². The molecule has 0 radical (unpaired) electrons. The van der Waals surface area contributed by atoms with Crippen molar-refractivity contribution in [2.45, 2.75) is 0 Å². The third kappa shape index (κ3) is 1.29. The van der Waals surface area contributed by atoms with E-state index in [-0.39, 0.29) is 5.56 Å². The maximum Gasteiger partial charge on any atom is 0.335 e. The van der Waals surface area contributed by atoms with Crippen LogP contribution in [-0.4, -0.2) is 20.6 Å². The molecule has 0 atom stereocenters. The van der Waals surface area contributed by atoms with Crippen molar-refractivity contribution < 1.29 is 9.90 Å². The number of imidazole rings is 1. The van der Waals surface area contributed by atoms with Gasteiger partial charge in [-0.3, -0.25) is 0 Å². The van der Waals surface area contributed by atoms with Crippen molar-refractivity contribution in [3.8, 4) is 0 Å². The predicted molar refractivity (Wildman–Crippen MR) is 55.4 cm³/mol. The standard InChI is InChI=1S/C9H7BrN2O2/c1-12-7-4-5(8(13)14)2-3-6(7)11-9(12)10/h2-4H,1H3,(H,13,14). The molecule has 0 aliphatic heterocycles. The van der Waals surface area contributed by atoms with Gasteiger partial charge in [-0.25, -0.2) is 9.78 Å². The van der Waals surface area contributed by atoms with Gasteiger partial charge in [0.05, 0.1) is 16.6 Å². The smallest absolute Gasteiger partial charge is 0.335 e. The largest absolute Gasteiger partial charge is 0.478 e. The van der Waals surface area contributed by atoms with Crippen LogP contribution in [0.25, 0.3) is 11.0 Å². The first-order valence-electron chi connectivity index (χ1n) is 3.95. The zero-order valence-corrected chi connectivity index (χ0v) is 8.95. The Morgan fingerprint density at radius 1 is 1.57 bits per heavy atom. The second-order valence-electron chi connectivity index (χ2n) is 2.95. The van der Waals surface area contributed by atoms with Gasteiger partial charge in [-0.2, -0.15) is 0 Å². The van der Waals surface area contributed by atoms with Gasteiger partial charge < -0.3 is 9.67 Å². The van der Waals surface area contributed by atoms with Crippen LogP contribution in [0.2, 0.25) is 0 Å². The van der Waals surface area contributed by atoms with Gasteiger partial charge in [-0.15, -0.1) is 0 Å². The molecule has 2 aromatic rings. The van der Waals surface area contributed by atoms with Crippen LogP contribution in [0.4, 0.5) is 0 Å². The molecule has 72 valence electrons. The Labute approximate surface area is 88.3 Å². The van der Waals surface area contributed by atoms with Crippen molar-refractivity contribution in [1.82, 2.24) is 9.55 Å². The number of aromatic carboxylic acids is 1. The van der Waals surface area contributed by atoms with E-state index in [0.717, 1.165) is 11.0 Å². The highest BCUT2D eigenvalue weighted by atomic mass is 79.9. The van der Waals surface area contributed by atoms with Crippen LogP contribution >= 0.6 is 15.9 Å². The fourth-order valence-corrected chi connectivity index (χ4v) is 1.68. The van der Waals surface area contributed by atoms with Gasteiger partial charge in [0, 0.05) is 7.05 Å². The van der Waals surface area contributed by atoms with Crippen LogP contribution in [0.3, 0.4) is 0 Å². The van der Waals surface area contributed by atoms with Gasteiger partial charge in [0.25, 0.3) is 0 Å². The molecule has 0 aliphatic carbocycles. The lowest BCUT2D eigenvalue weighted by atomic mass is 10.2. The quantitative estimate of drug-likeness (QED) is 0.848. The molecular formula is C9H7BrN2O2. The number of halogens is 1. The van der Waals surface area contributed by atoms with Crippen molar-refractivity contribution in [3.63, 3.8) is 0 Å². The summed E-state index contributed by atoms with van der Waals surface area (Å²) < 4.78 is 2.48. The molecule has 1 aromatic carbocycles. The fourth-order valence-electron chi connectivity index (χ4n) is 1.29. The number of fused-ring (bicyclic) bond motifs is 1. The normalized spacial score (nSPS) is 10.7. The zero-order chi connectivity index (χ0) is 10.3. The Morgan fingerprint density at radius 3 is 2.93 bits per heavy atom. The molecule has 1 aromatic heterocycles. The van der Waals surface area contributed by atoms with E-state index < -0.39 is 5.97 Å². The lowest BCUT2D eigenvalue weighted by molar-refractivity contribution is 0.0697. The summed E-state index contributed by atoms with van der Waals surface area (Å²) in [7, 11) is 1.82. The molecular weight excluding hydrogens is 248 g/mol. The maximum atomic E-state index is 10.7. The molecule has 0 fully saturated rings. The number of carbonyl (C=O) groups is 1. The highest BCUT2D eigenvalue weighted by Gasteiger charge is 2.08. The monoisotopic (exact) mass is 254 g/mol. The Kier molecular flexibility index (Phi) is 2.03. The molecule has 0 unspecified atom stereocenters. The highest BCUT2D eigenvalue weighted by molar-refractivity contribution is 9.10. The summed E-state index contributed by atoms with van der Waals surface area (Å²) in [5, 5.41) is 8.80. The SMILES string of the molecule is Cn1c(Br)nc2ccc(C(=O)O)cc21. The minimum atomic E-state index is -0.927. The number of nitrogens with zero attached hydrogens (tertiary/aromatic N) is 2. The first-order valence-corrected chi connectivity index (χ1v) is 4.74. The Bertz CT molecular complexity index is 519. The second kappa shape index (κ2) is 3.09. The number of hydrogen-bond acceptors (Lipinski definition) is 2. The van der Waals surface area contributed by atoms with Gasteiger partial charge >= 0.3 is 5.97 Å². The van der Waals surface area contributed by atoms with Gasteiger partial charge in [-0.05, 0) is 34.1 Å². The van der Waals surface area contributed by atoms with Crippen LogP contribution in [0.15, 0.2) is 22.9 Å². The molecule has 0 spiro atoms. The third-order valence-corrected chi connectivity index (χ3v) is 2.78. The average Bonchev–Trinajstić information content (AvgIpc) is 2.43. The van der Waals surface area contributed by atoms with Crippen LogP contribution in [-0.2, 0) is 7.05 Å². The van der Waals surface area contributed by atoms with E-state index in [1.54, 1.807) is 22.8 Å². The van der Waals surface area contributed by atoms with Crippen molar-refractivity contribution in [3.05, 3.63) is 28.5 Å². The highest BCUT2D eigenvalue weighted by Crippen LogP contribution is 2.19. The summed E-state index contributed by atoms with van der Waals surface area (Å²) in [5.41, 5.74) is 1.86. The van der Waals surface area contributed by atoms with Crippen molar-refractivity contribution in [1.29, 1.82) is 0 Å². The molecule has 4 nitrogen and oxygen atoms in total. The minimum absolute atomic E-state index is 0.271. The van der Waals surface area contributed by atoms with Crippen molar-refractivity contribution in [2.24, 2.45) is 7.05 Å². The minimum Gasteiger partial charge on any atom is -0.478 e. The number of benzene rings is 1. The average molecular weight is 255 g/mol. The summed E-state index contributed by atoms with van der Waals surface area (Å²) >= 11 is 3.27. The fraction of sp³-hybridized carbons (Fsp3) is 0.111. The first-order chi connectivity index (χ1) is 6.59. The number of carboxylic acid groups (broad SMARTS) is 1. The molecule has 14 heavy (non-hydrogen) atoms. The number of hydrogen-bond donors (Lipinski definition) is 1. The molecule has 2 rings (SSSR count). The second-order valence-corrected chi connectivity index (χ2v) is 3.66. The zero-order valence-electron chi connectivity index (χ0n) is 7.36. The van der Waals surface area contributed by atoms with E-state index in [1.165, 1.54) is 0 Å². The summed E-state index contributed by atoms with van der Waals surface area (Å²) in [4.78, 5) is 14.9. The van der Waals surface area contributed by atoms with E-state index in [2.05, 4.69) is 20.9 Å². The van der Waals surface area contributed by atoms with Crippen LogP contribution < -0.4 is 0 Å². The van der Waals surface area contributed by atoms with E-state index in [0.29, 0.717) is 4.73 Å². The summed E-state index contributed by atoms with van der Waals surface area (Å²) in [6.07, 6.45) is 0. The number of aromatic nitrogens is 2. The number of carboxylic acids is 1. The van der Waals surface area contributed by atoms with E-state index in [1.807, 2.05) is 7.05 Å². The molecule has 5 heteroatoms. The Morgan fingerprint density at radius 2 is 2.29 bits per heavy atom. The Hall–Kier alpha value is -1.36. The molecule has 0 saturated carbocycles. The molecule has 0 amide bonds. The molecule has 0 aliphatic rings. The first kappa shape index (κ1) is 9.21. The van der Waals surface area contributed by atoms with Crippen molar-refractivity contribution >= 4 is 32.9 Å². The molecule has 0 saturated heterocycles. The van der Waals surface area contributed by atoms with Crippen LogP contribution in [0.5, 0.6) is 0 Å². The summed E-state index contributed by atoms with van der Waals surface area (Å²) in [6.45, 7) is 0. The predicted octanol–water partition coefficient (Wildman–Crippen LogP) is 2.03. The van der Waals surface area contributed by atoms with E-state index >= 15 is 0 Å². The van der Waals surface area contributed by atoms with Gasteiger partial charge in [0.2, 0.25) is 0 Å². The van der Waals surface area contributed by atoms with Gasteiger partial charge in [-0.1, -0.05) is 0 Å². The van der Waals surface area contributed by atoms with E-state index in [4.69, 9.17) is 5.11 Å². The summed E-state index contributed by atoms with van der Waals surface area (Å²) in [6, 6.07) is 4.85. The Balaban J connectivity index is 2.76. The van der Waals surface area contributed by atoms with Crippen molar-refractivity contribution in [2.75, 3.05) is 0 Å². The van der Waals surface area contributed by atoms with Gasteiger partial charge in [0.15, 0.2) is 4.73 Å². The maximum absolute atomic E-state index is 10.7. The number of aryl methyl sites for hydroxylation is 1. The van der Waals surface area contributed by atoms with Crippen LogP contribution in [0.1, 0.15) is 10.4 Å². The molecule has 0 bridgehead atoms. The third-order valence-electron chi connectivity index (χ3n) is 2.07. The topological polar surface area (TPSA) is 55.1 Å². The number of rotatable bonds is 1. The van der Waals surface area contributed by atoms with Crippen LogP contribution in [0, 0.1) is 0 Å². The lowest BCUT2D eigenvalue weighted by Crippen LogP contribution is -1.96. The molecule has 1 heterocycles. The molecule has 1 N–H and O–H groups in total. The lowest BCUT2D eigenvalue weighted by Gasteiger charge is -1.97. The van der Waals surface area contributed by atoms with E-state index in [9.17, 15) is 4.79 Å².